The average Bonchev–Trinajstić information content (AvgIpc) is 2.89. The van der Waals surface area contributed by atoms with Crippen LogP contribution in [0.4, 0.5) is 0 Å². The molecule has 0 fully saturated rings. The van der Waals surface area contributed by atoms with Crippen LogP contribution in [0.25, 0.3) is 0 Å². The predicted molar refractivity (Wildman–Crippen MR) is 90.4 cm³/mol. The molecule has 1 atom stereocenters. The molecule has 1 unspecified atom stereocenters. The Bertz CT molecular complexity index is 684. The van der Waals surface area contributed by atoms with Crippen LogP contribution in [-0.2, 0) is 11.2 Å². The van der Waals surface area contributed by atoms with Gasteiger partial charge in [0.25, 0.3) is 5.91 Å². The van der Waals surface area contributed by atoms with Crippen molar-refractivity contribution in [1.29, 1.82) is 0 Å². The van der Waals surface area contributed by atoms with Crippen LogP contribution in [-0.4, -0.2) is 23.5 Å². The van der Waals surface area contributed by atoms with E-state index in [9.17, 15) is 14.7 Å². The Morgan fingerprint density at radius 3 is 2.73 bits per heavy atom. The first-order valence-electron chi connectivity index (χ1n) is 6.77. The van der Waals surface area contributed by atoms with E-state index in [1.807, 2.05) is 31.2 Å². The Labute approximate surface area is 141 Å². The number of carboxylic acid groups (broad SMARTS) is 1. The molecule has 4 nitrogen and oxygen atoms in total. The minimum Gasteiger partial charge on any atom is -0.481 e. The minimum atomic E-state index is -0.910. The topological polar surface area (TPSA) is 66.4 Å². The number of nitrogens with one attached hydrogen (secondary N) is 1. The molecule has 0 bridgehead atoms. The van der Waals surface area contributed by atoms with Crippen molar-refractivity contribution in [3.63, 3.8) is 0 Å². The van der Waals surface area contributed by atoms with E-state index in [1.54, 1.807) is 11.4 Å². The van der Waals surface area contributed by atoms with Gasteiger partial charge in [0.15, 0.2) is 0 Å². The zero-order valence-corrected chi connectivity index (χ0v) is 14.4. The zero-order valence-electron chi connectivity index (χ0n) is 12.0. The summed E-state index contributed by atoms with van der Waals surface area (Å²) in [7, 11) is 0. The first kappa shape index (κ1) is 16.7. The van der Waals surface area contributed by atoms with Crippen molar-refractivity contribution >= 4 is 39.1 Å². The number of hydrogen-bond donors (Lipinski definition) is 2. The number of rotatable bonds is 6. The summed E-state index contributed by atoms with van der Waals surface area (Å²) >= 11 is 4.62. The maximum atomic E-state index is 12.0. The van der Waals surface area contributed by atoms with Crippen molar-refractivity contribution in [2.45, 2.75) is 13.3 Å². The second-order valence-electron chi connectivity index (χ2n) is 5.04. The SMILES string of the molecule is Cc1cccc(CC(CNC(=O)c2sccc2Br)C(=O)O)c1. The van der Waals surface area contributed by atoms with Crippen LogP contribution in [0.15, 0.2) is 40.2 Å². The van der Waals surface area contributed by atoms with Gasteiger partial charge in [-0.15, -0.1) is 11.3 Å². The summed E-state index contributed by atoms with van der Waals surface area (Å²) in [5.41, 5.74) is 2.05. The lowest BCUT2D eigenvalue weighted by Gasteiger charge is -2.13. The number of aryl methyl sites for hydroxylation is 1. The highest BCUT2D eigenvalue weighted by molar-refractivity contribution is 9.10. The molecule has 0 saturated heterocycles. The molecule has 22 heavy (non-hydrogen) atoms. The summed E-state index contributed by atoms with van der Waals surface area (Å²) in [4.78, 5) is 24.0. The smallest absolute Gasteiger partial charge is 0.308 e. The lowest BCUT2D eigenvalue weighted by molar-refractivity contribution is -0.141. The molecule has 1 aromatic carbocycles. The van der Waals surface area contributed by atoms with Crippen molar-refractivity contribution in [3.05, 3.63) is 56.2 Å². The van der Waals surface area contributed by atoms with Gasteiger partial charge >= 0.3 is 5.97 Å². The lowest BCUT2D eigenvalue weighted by atomic mass is 9.98. The fourth-order valence-electron chi connectivity index (χ4n) is 2.12. The molecule has 1 heterocycles. The zero-order chi connectivity index (χ0) is 16.1. The third kappa shape index (κ3) is 4.42. The van der Waals surface area contributed by atoms with Crippen LogP contribution in [0.1, 0.15) is 20.8 Å². The highest BCUT2D eigenvalue weighted by atomic mass is 79.9. The van der Waals surface area contributed by atoms with Gasteiger partial charge in [-0.2, -0.15) is 0 Å². The van der Waals surface area contributed by atoms with Gasteiger partial charge in [-0.1, -0.05) is 29.8 Å². The largest absolute Gasteiger partial charge is 0.481 e. The molecule has 0 radical (unpaired) electrons. The number of hydrogen-bond acceptors (Lipinski definition) is 3. The van der Waals surface area contributed by atoms with Crippen LogP contribution in [0.3, 0.4) is 0 Å². The average molecular weight is 382 g/mol. The van der Waals surface area contributed by atoms with Gasteiger partial charge < -0.3 is 10.4 Å². The van der Waals surface area contributed by atoms with E-state index in [-0.39, 0.29) is 12.5 Å². The van der Waals surface area contributed by atoms with Crippen molar-refractivity contribution in [2.75, 3.05) is 6.54 Å². The summed E-state index contributed by atoms with van der Waals surface area (Å²) < 4.78 is 0.723. The number of carbonyl (C=O) groups excluding carboxylic acids is 1. The monoisotopic (exact) mass is 381 g/mol. The Morgan fingerprint density at radius 1 is 1.36 bits per heavy atom. The van der Waals surface area contributed by atoms with E-state index < -0.39 is 11.9 Å². The third-order valence-electron chi connectivity index (χ3n) is 3.25. The van der Waals surface area contributed by atoms with Crippen LogP contribution in [0.5, 0.6) is 0 Å². The highest BCUT2D eigenvalue weighted by Crippen LogP contribution is 2.22. The second-order valence-corrected chi connectivity index (χ2v) is 6.81. The fourth-order valence-corrected chi connectivity index (χ4v) is 3.59. The van der Waals surface area contributed by atoms with Crippen LogP contribution in [0.2, 0.25) is 0 Å². The molecule has 0 saturated carbocycles. The number of halogens is 1. The molecule has 0 aliphatic heterocycles. The molecular weight excluding hydrogens is 366 g/mol. The van der Waals surface area contributed by atoms with Gasteiger partial charge in [0.1, 0.15) is 4.88 Å². The van der Waals surface area contributed by atoms with E-state index in [1.165, 1.54) is 11.3 Å². The van der Waals surface area contributed by atoms with Gasteiger partial charge in [0.05, 0.1) is 5.92 Å². The summed E-state index contributed by atoms with van der Waals surface area (Å²) in [6, 6.07) is 9.54. The maximum absolute atomic E-state index is 12.0. The van der Waals surface area contributed by atoms with Crippen molar-refractivity contribution in [3.8, 4) is 0 Å². The fraction of sp³-hybridized carbons (Fsp3) is 0.250. The highest BCUT2D eigenvalue weighted by Gasteiger charge is 2.20. The second kappa shape index (κ2) is 7.56. The number of thiophene rings is 1. The first-order chi connectivity index (χ1) is 10.5. The van der Waals surface area contributed by atoms with E-state index in [4.69, 9.17) is 0 Å². The molecule has 2 rings (SSSR count). The normalized spacial score (nSPS) is 11.9. The lowest BCUT2D eigenvalue weighted by Crippen LogP contribution is -2.33. The van der Waals surface area contributed by atoms with Gasteiger partial charge in [0, 0.05) is 11.0 Å². The van der Waals surface area contributed by atoms with E-state index in [0.717, 1.165) is 15.6 Å². The Kier molecular flexibility index (Phi) is 5.74. The third-order valence-corrected chi connectivity index (χ3v) is 5.08. The number of carbonyl (C=O) groups is 2. The summed E-state index contributed by atoms with van der Waals surface area (Å²) in [6.07, 6.45) is 0.392. The first-order valence-corrected chi connectivity index (χ1v) is 8.44. The Hall–Kier alpha value is -1.66. The molecule has 0 aliphatic carbocycles. The van der Waals surface area contributed by atoms with E-state index in [0.29, 0.717) is 11.3 Å². The molecule has 1 aromatic heterocycles. The van der Waals surface area contributed by atoms with Gasteiger partial charge in [-0.05, 0) is 46.3 Å². The van der Waals surface area contributed by atoms with Crippen LogP contribution >= 0.6 is 27.3 Å². The Morgan fingerprint density at radius 2 is 2.14 bits per heavy atom. The maximum Gasteiger partial charge on any atom is 0.308 e. The predicted octanol–water partition coefficient (Wildman–Crippen LogP) is 3.49. The van der Waals surface area contributed by atoms with Crippen molar-refractivity contribution < 1.29 is 14.7 Å². The van der Waals surface area contributed by atoms with Crippen molar-refractivity contribution in [1.82, 2.24) is 5.32 Å². The molecular formula is C16H16BrNO3S. The molecule has 0 aliphatic rings. The number of aliphatic carboxylic acids is 1. The molecule has 116 valence electrons. The summed E-state index contributed by atoms with van der Waals surface area (Å²) in [5, 5.41) is 13.9. The van der Waals surface area contributed by atoms with Crippen LogP contribution < -0.4 is 5.32 Å². The molecule has 2 aromatic rings. The van der Waals surface area contributed by atoms with E-state index in [2.05, 4.69) is 21.2 Å². The summed E-state index contributed by atoms with van der Waals surface area (Å²) in [5.74, 6) is -1.81. The van der Waals surface area contributed by atoms with Gasteiger partial charge in [0.2, 0.25) is 0 Å². The molecule has 0 spiro atoms. The molecule has 2 N–H and O–H groups in total. The van der Waals surface area contributed by atoms with Crippen molar-refractivity contribution in [2.24, 2.45) is 5.92 Å². The number of carboxylic acids is 1. The van der Waals surface area contributed by atoms with Gasteiger partial charge in [-0.25, -0.2) is 0 Å². The number of amides is 1. The standard InChI is InChI=1S/C16H16BrNO3S/c1-10-3-2-4-11(7-10)8-12(16(20)21)9-18-15(19)14-13(17)5-6-22-14/h2-7,12H,8-9H2,1H3,(H,18,19)(H,20,21). The minimum absolute atomic E-state index is 0.104. The number of benzene rings is 1. The molecule has 6 heteroatoms. The van der Waals surface area contributed by atoms with E-state index >= 15 is 0 Å². The summed E-state index contributed by atoms with van der Waals surface area (Å²) in [6.45, 7) is 2.07. The Balaban J connectivity index is 1.99. The van der Waals surface area contributed by atoms with Gasteiger partial charge in [-0.3, -0.25) is 9.59 Å². The van der Waals surface area contributed by atoms with Crippen LogP contribution in [0, 0.1) is 12.8 Å². The molecule has 1 amide bonds. The quantitative estimate of drug-likeness (QED) is 0.804.